The maximum atomic E-state index is 9.98. The van der Waals surface area contributed by atoms with Gasteiger partial charge in [0.1, 0.15) is 9.05 Å². The van der Waals surface area contributed by atoms with Gasteiger partial charge in [0.25, 0.3) is 0 Å². The predicted molar refractivity (Wildman–Crippen MR) is 19.8 cm³/mol. The molecule has 0 aliphatic carbocycles. The summed E-state index contributed by atoms with van der Waals surface area (Å²) in [5.41, 5.74) is 0. The van der Waals surface area contributed by atoms with E-state index in [1.807, 2.05) is 0 Å². The van der Waals surface area contributed by atoms with Crippen LogP contribution in [0.15, 0.2) is 0 Å². The van der Waals surface area contributed by atoms with Gasteiger partial charge >= 0.3 is 59.1 Å². The van der Waals surface area contributed by atoms with E-state index in [1.165, 1.54) is 0 Å². The van der Waals surface area contributed by atoms with E-state index in [0.717, 1.165) is 14.2 Å². The van der Waals surface area contributed by atoms with E-state index < -0.39 is 9.05 Å². The summed E-state index contributed by atoms with van der Waals surface area (Å²) in [5, 5.41) is 0. The molecule has 0 radical (unpaired) electrons. The van der Waals surface area contributed by atoms with Crippen LogP contribution in [-0.2, 0) is 8.85 Å². The molecule has 0 bridgehead atoms. The second-order valence-electron chi connectivity index (χ2n) is 0.908. The van der Waals surface area contributed by atoms with E-state index in [1.54, 1.807) is 0 Å². The molecule has 0 N–H and O–H groups in total. The summed E-state index contributed by atoms with van der Waals surface area (Å²) in [5.74, 6) is 0. The van der Waals surface area contributed by atoms with Gasteiger partial charge in [-0.2, -0.15) is 0 Å². The number of rotatable bonds is 2. The normalized spacial score (nSPS) is 9.33. The van der Waals surface area contributed by atoms with Crippen LogP contribution >= 0.6 is 0 Å². The maximum Gasteiger partial charge on any atom is 1.00 e. The van der Waals surface area contributed by atoms with Gasteiger partial charge in [0.05, 0.1) is 0 Å². The van der Waals surface area contributed by atoms with Gasteiger partial charge in [0.15, 0.2) is 0 Å². The molecule has 0 unspecified atom stereocenters. The van der Waals surface area contributed by atoms with Crippen LogP contribution < -0.4 is 68.7 Å². The van der Waals surface area contributed by atoms with Gasteiger partial charge in [-0.1, -0.05) is 0 Å². The fraction of sp³-hybridized carbons (Fsp3) is 1.00. The quantitative estimate of drug-likeness (QED) is 0.384. The summed E-state index contributed by atoms with van der Waals surface area (Å²) in [6.07, 6.45) is 0. The van der Waals surface area contributed by atoms with E-state index >= 15 is 0 Å². The maximum absolute atomic E-state index is 9.98. The molecule has 0 aliphatic heterocycles. The SMILES string of the molecule is CO[Si]([O-])([O-])OC.[Na+].[Na+]. The molecule has 44 valence electrons. The van der Waals surface area contributed by atoms with E-state index in [-0.39, 0.29) is 59.1 Å². The summed E-state index contributed by atoms with van der Waals surface area (Å²) in [6.45, 7) is 0. The predicted octanol–water partition coefficient (Wildman–Crippen LogP) is -8.56. The molecule has 0 aromatic carbocycles. The molecule has 0 aliphatic rings. The molecule has 0 saturated heterocycles. The first-order chi connectivity index (χ1) is 3.12. The van der Waals surface area contributed by atoms with Gasteiger partial charge in [0.2, 0.25) is 0 Å². The van der Waals surface area contributed by atoms with Crippen LogP contribution in [0.3, 0.4) is 0 Å². The molecule has 0 saturated carbocycles. The fourth-order valence-electron chi connectivity index (χ4n) is 0.0833. The van der Waals surface area contributed by atoms with E-state index in [4.69, 9.17) is 0 Å². The smallest absolute Gasteiger partial charge is 0.828 e. The Morgan fingerprint density at radius 1 is 1.00 bits per heavy atom. The summed E-state index contributed by atoms with van der Waals surface area (Å²) < 4.78 is 7.78. The molecular weight excluding hydrogens is 162 g/mol. The van der Waals surface area contributed by atoms with Gasteiger partial charge in [-0.25, -0.2) is 0 Å². The van der Waals surface area contributed by atoms with E-state index in [9.17, 15) is 9.59 Å². The second-order valence-corrected chi connectivity index (χ2v) is 2.72. The zero-order valence-electron chi connectivity index (χ0n) is 6.13. The van der Waals surface area contributed by atoms with E-state index in [2.05, 4.69) is 8.85 Å². The molecule has 0 amide bonds. The summed E-state index contributed by atoms with van der Waals surface area (Å²) >= 11 is 0. The first-order valence-corrected chi connectivity index (χ1v) is 3.27. The topological polar surface area (TPSA) is 64.6 Å². The summed E-state index contributed by atoms with van der Waals surface area (Å²) in [4.78, 5) is 20.0. The van der Waals surface area contributed by atoms with E-state index in [0.29, 0.717) is 0 Å². The molecule has 4 nitrogen and oxygen atoms in total. The van der Waals surface area contributed by atoms with Crippen molar-refractivity contribution >= 4 is 9.05 Å². The molecule has 0 heterocycles. The Balaban J connectivity index is -0.000000180. The minimum Gasteiger partial charge on any atom is -0.828 e. The van der Waals surface area contributed by atoms with Crippen molar-refractivity contribution in [3.05, 3.63) is 0 Å². The van der Waals surface area contributed by atoms with Gasteiger partial charge in [-0.3, -0.25) is 0 Å². The monoisotopic (exact) mass is 168 g/mol. The van der Waals surface area contributed by atoms with Crippen LogP contribution in [0, 0.1) is 0 Å². The zero-order chi connectivity index (χ0) is 5.91. The minimum atomic E-state index is -4.15. The Kier molecular flexibility index (Phi) is 15.6. The van der Waals surface area contributed by atoms with Crippen molar-refractivity contribution in [2.45, 2.75) is 0 Å². The van der Waals surface area contributed by atoms with Crippen molar-refractivity contribution in [2.24, 2.45) is 0 Å². The standard InChI is InChI=1S/C2H6O4Si.2Na/c1-5-7(3,4)6-2;;/h1-2H3;;/q-2;2*+1. The Morgan fingerprint density at radius 2 is 1.22 bits per heavy atom. The van der Waals surface area contributed by atoms with Crippen molar-refractivity contribution in [1.29, 1.82) is 0 Å². The van der Waals surface area contributed by atoms with Gasteiger partial charge in [-0.05, 0) is 0 Å². The van der Waals surface area contributed by atoms with Crippen molar-refractivity contribution < 1.29 is 77.6 Å². The molecular formula is C2H6Na2O4Si. The molecule has 0 fully saturated rings. The third-order valence-electron chi connectivity index (χ3n) is 0.500. The largest absolute Gasteiger partial charge is 1.00 e. The first-order valence-electron chi connectivity index (χ1n) is 1.63. The van der Waals surface area contributed by atoms with Crippen molar-refractivity contribution in [1.82, 2.24) is 0 Å². The average molecular weight is 168 g/mol. The Labute approximate surface area is 99.6 Å². The van der Waals surface area contributed by atoms with Crippen molar-refractivity contribution in [3.8, 4) is 0 Å². The van der Waals surface area contributed by atoms with Gasteiger partial charge < -0.3 is 18.4 Å². The third-order valence-corrected chi connectivity index (χ3v) is 1.50. The Hall–Kier alpha value is 2.06. The number of hydrogen-bond donors (Lipinski definition) is 0. The van der Waals surface area contributed by atoms with Crippen LogP contribution in [-0.4, -0.2) is 23.3 Å². The van der Waals surface area contributed by atoms with Crippen molar-refractivity contribution in [3.63, 3.8) is 0 Å². The minimum absolute atomic E-state index is 0. The van der Waals surface area contributed by atoms with Crippen LogP contribution in [0.1, 0.15) is 0 Å². The molecule has 0 atom stereocenters. The van der Waals surface area contributed by atoms with Crippen molar-refractivity contribution in [2.75, 3.05) is 14.2 Å². The van der Waals surface area contributed by atoms with Gasteiger partial charge in [-0.15, -0.1) is 0 Å². The average Bonchev–Trinajstić information content (AvgIpc) is 1.68. The Morgan fingerprint density at radius 3 is 1.22 bits per heavy atom. The van der Waals surface area contributed by atoms with Crippen LogP contribution in [0.2, 0.25) is 0 Å². The van der Waals surface area contributed by atoms with Crippen LogP contribution in [0.5, 0.6) is 0 Å². The summed E-state index contributed by atoms with van der Waals surface area (Å²) in [7, 11) is -2.05. The molecule has 9 heavy (non-hydrogen) atoms. The molecule has 7 heteroatoms. The second kappa shape index (κ2) is 8.16. The molecule has 0 aromatic heterocycles. The molecule has 0 rings (SSSR count). The third kappa shape index (κ3) is 10.1. The first kappa shape index (κ1) is 17.2. The fourth-order valence-corrected chi connectivity index (χ4v) is 0.250. The molecule has 0 spiro atoms. The summed E-state index contributed by atoms with van der Waals surface area (Å²) in [6, 6.07) is 0. The van der Waals surface area contributed by atoms with Crippen LogP contribution in [0.25, 0.3) is 0 Å². The van der Waals surface area contributed by atoms with Crippen LogP contribution in [0.4, 0.5) is 0 Å². The Bertz CT molecular complexity index is 54.5. The number of hydrogen-bond acceptors (Lipinski definition) is 4. The molecule has 0 aromatic rings. The van der Waals surface area contributed by atoms with Gasteiger partial charge in [0, 0.05) is 14.2 Å². The zero-order valence-corrected chi connectivity index (χ0v) is 11.1.